The molecule has 0 radical (unpaired) electrons. The van der Waals surface area contributed by atoms with Crippen molar-refractivity contribution in [3.05, 3.63) is 35.4 Å². The molecule has 0 atom stereocenters. The zero-order valence-electron chi connectivity index (χ0n) is 12.3. The van der Waals surface area contributed by atoms with Crippen molar-refractivity contribution in [2.45, 2.75) is 51.9 Å². The molecular formula is C16H25F2N. The van der Waals surface area contributed by atoms with Crippen LogP contribution >= 0.6 is 0 Å². The Morgan fingerprint density at radius 1 is 1.16 bits per heavy atom. The van der Waals surface area contributed by atoms with Gasteiger partial charge in [0.15, 0.2) is 0 Å². The van der Waals surface area contributed by atoms with Crippen molar-refractivity contribution >= 4 is 0 Å². The average Bonchev–Trinajstić information content (AvgIpc) is 2.27. The molecule has 0 unspecified atom stereocenters. The molecule has 0 aliphatic rings. The Morgan fingerprint density at radius 2 is 1.74 bits per heavy atom. The minimum Gasteiger partial charge on any atom is -0.330 e. The molecule has 2 N–H and O–H groups in total. The summed E-state index contributed by atoms with van der Waals surface area (Å²) in [4.78, 5) is 0. The van der Waals surface area contributed by atoms with Crippen LogP contribution in [0, 0.1) is 5.92 Å². The van der Waals surface area contributed by atoms with Gasteiger partial charge in [-0.05, 0) is 35.9 Å². The van der Waals surface area contributed by atoms with E-state index in [1.165, 1.54) is 6.07 Å². The zero-order valence-corrected chi connectivity index (χ0v) is 12.3. The van der Waals surface area contributed by atoms with E-state index < -0.39 is 5.92 Å². The molecule has 1 rings (SSSR count). The molecule has 1 aromatic rings. The van der Waals surface area contributed by atoms with Crippen LogP contribution in [0.25, 0.3) is 0 Å². The summed E-state index contributed by atoms with van der Waals surface area (Å²) in [5, 5.41) is 0. The molecule has 19 heavy (non-hydrogen) atoms. The van der Waals surface area contributed by atoms with Gasteiger partial charge in [-0.25, -0.2) is 8.78 Å². The Balaban J connectivity index is 3.06. The van der Waals surface area contributed by atoms with Gasteiger partial charge in [0.1, 0.15) is 0 Å². The first-order valence-corrected chi connectivity index (χ1v) is 6.88. The van der Waals surface area contributed by atoms with Crippen LogP contribution < -0.4 is 5.73 Å². The first kappa shape index (κ1) is 16.1. The lowest BCUT2D eigenvalue weighted by Crippen LogP contribution is -2.23. The van der Waals surface area contributed by atoms with Crippen molar-refractivity contribution in [1.29, 1.82) is 0 Å². The Bertz CT molecular complexity index is 411. The van der Waals surface area contributed by atoms with E-state index in [4.69, 9.17) is 5.73 Å². The molecule has 0 saturated heterocycles. The fourth-order valence-electron chi connectivity index (χ4n) is 2.30. The highest BCUT2D eigenvalue weighted by atomic mass is 19.3. The van der Waals surface area contributed by atoms with Gasteiger partial charge in [-0.3, -0.25) is 0 Å². The predicted octanol–water partition coefficient (Wildman–Crippen LogP) is 4.45. The topological polar surface area (TPSA) is 26.0 Å². The Morgan fingerprint density at radius 3 is 2.26 bits per heavy atom. The highest BCUT2D eigenvalue weighted by molar-refractivity contribution is 5.31. The van der Waals surface area contributed by atoms with E-state index in [1.54, 1.807) is 12.1 Å². The number of halogens is 2. The second-order valence-electron chi connectivity index (χ2n) is 6.31. The third kappa shape index (κ3) is 4.27. The maximum atomic E-state index is 14.1. The summed E-state index contributed by atoms with van der Waals surface area (Å²) in [5.74, 6) is -2.79. The van der Waals surface area contributed by atoms with Crippen LogP contribution in [-0.2, 0) is 11.3 Å². The van der Waals surface area contributed by atoms with Crippen LogP contribution in [0.3, 0.4) is 0 Å². The smallest absolute Gasteiger partial charge is 0.273 e. The van der Waals surface area contributed by atoms with Gasteiger partial charge in [0.2, 0.25) is 0 Å². The molecule has 3 heteroatoms. The van der Waals surface area contributed by atoms with Crippen LogP contribution in [0.2, 0.25) is 0 Å². The van der Waals surface area contributed by atoms with E-state index >= 15 is 0 Å². The van der Waals surface area contributed by atoms with Crippen LogP contribution in [0.5, 0.6) is 0 Å². The third-order valence-corrected chi connectivity index (χ3v) is 3.50. The summed E-state index contributed by atoms with van der Waals surface area (Å²) in [6.45, 7) is 8.27. The van der Waals surface area contributed by atoms with E-state index in [0.717, 1.165) is 12.0 Å². The van der Waals surface area contributed by atoms with E-state index in [0.29, 0.717) is 6.54 Å². The van der Waals surface area contributed by atoms with Gasteiger partial charge < -0.3 is 5.73 Å². The van der Waals surface area contributed by atoms with Gasteiger partial charge in [-0.15, -0.1) is 0 Å². The molecule has 0 aliphatic heterocycles. The highest BCUT2D eigenvalue weighted by Gasteiger charge is 2.33. The van der Waals surface area contributed by atoms with Crippen molar-refractivity contribution in [2.75, 3.05) is 6.54 Å². The summed E-state index contributed by atoms with van der Waals surface area (Å²) in [5.41, 5.74) is 6.47. The number of alkyl halides is 2. The van der Waals surface area contributed by atoms with Gasteiger partial charge >= 0.3 is 0 Å². The fraction of sp³-hybridized carbons (Fsp3) is 0.625. The van der Waals surface area contributed by atoms with Crippen LogP contribution in [0.4, 0.5) is 8.78 Å². The minimum absolute atomic E-state index is 0.0318. The van der Waals surface area contributed by atoms with Crippen molar-refractivity contribution in [3.63, 3.8) is 0 Å². The molecule has 0 heterocycles. The number of benzene rings is 1. The molecule has 0 aromatic heterocycles. The van der Waals surface area contributed by atoms with Gasteiger partial charge in [-0.1, -0.05) is 45.9 Å². The van der Waals surface area contributed by atoms with Gasteiger partial charge in [0, 0.05) is 12.0 Å². The van der Waals surface area contributed by atoms with Crippen LogP contribution in [0.1, 0.15) is 51.7 Å². The minimum atomic E-state index is -2.76. The lowest BCUT2D eigenvalue weighted by molar-refractivity contribution is -0.0250. The molecule has 1 aromatic carbocycles. The second-order valence-corrected chi connectivity index (χ2v) is 6.31. The molecule has 0 spiro atoms. The summed E-state index contributed by atoms with van der Waals surface area (Å²) in [7, 11) is 0. The molecule has 0 bridgehead atoms. The lowest BCUT2D eigenvalue weighted by Gasteiger charge is -2.27. The number of nitrogens with two attached hydrogens (primary N) is 1. The quantitative estimate of drug-likeness (QED) is 0.811. The van der Waals surface area contributed by atoms with E-state index in [9.17, 15) is 8.78 Å². The monoisotopic (exact) mass is 269 g/mol. The Hall–Kier alpha value is -0.960. The molecule has 0 fully saturated rings. The van der Waals surface area contributed by atoms with E-state index in [1.807, 2.05) is 33.8 Å². The molecule has 0 amide bonds. The Kier molecular flexibility index (Phi) is 5.08. The predicted molar refractivity (Wildman–Crippen MR) is 76.5 cm³/mol. The lowest BCUT2D eigenvalue weighted by atomic mass is 9.80. The first-order chi connectivity index (χ1) is 8.69. The summed E-state index contributed by atoms with van der Waals surface area (Å²) in [6.07, 6.45) is 0.667. The van der Waals surface area contributed by atoms with Crippen LogP contribution in [0.15, 0.2) is 24.3 Å². The average molecular weight is 269 g/mol. The maximum absolute atomic E-state index is 14.1. The summed E-state index contributed by atoms with van der Waals surface area (Å²) in [6, 6.07) is 6.78. The van der Waals surface area contributed by atoms with Gasteiger partial charge in [0.05, 0.1) is 0 Å². The molecule has 0 aliphatic carbocycles. The Labute approximate surface area is 115 Å². The summed E-state index contributed by atoms with van der Waals surface area (Å²) < 4.78 is 28.3. The maximum Gasteiger partial charge on any atom is 0.273 e. The van der Waals surface area contributed by atoms with Crippen LogP contribution in [-0.4, -0.2) is 6.54 Å². The third-order valence-electron chi connectivity index (χ3n) is 3.50. The summed E-state index contributed by atoms with van der Waals surface area (Å²) >= 11 is 0. The van der Waals surface area contributed by atoms with Crippen molar-refractivity contribution in [2.24, 2.45) is 11.7 Å². The van der Waals surface area contributed by atoms with Crippen molar-refractivity contribution < 1.29 is 8.78 Å². The fourth-order valence-corrected chi connectivity index (χ4v) is 2.30. The largest absolute Gasteiger partial charge is 0.330 e. The number of rotatable bonds is 6. The zero-order chi connectivity index (χ0) is 14.7. The van der Waals surface area contributed by atoms with Gasteiger partial charge in [0.25, 0.3) is 5.92 Å². The first-order valence-electron chi connectivity index (χ1n) is 6.88. The highest BCUT2D eigenvalue weighted by Crippen LogP contribution is 2.37. The number of hydrogen-bond acceptors (Lipinski definition) is 1. The van der Waals surface area contributed by atoms with Crippen molar-refractivity contribution in [1.82, 2.24) is 0 Å². The van der Waals surface area contributed by atoms with E-state index in [2.05, 4.69) is 0 Å². The van der Waals surface area contributed by atoms with Crippen molar-refractivity contribution in [3.8, 4) is 0 Å². The standard InChI is InChI=1S/C16H25F2N/c1-12(2)11-16(17,18)14-7-5-6-13(10-14)15(3,4)8-9-19/h5-7,10,12H,8-9,11,19H2,1-4H3. The normalized spacial score (nSPS) is 13.1. The molecule has 108 valence electrons. The molecule has 0 saturated carbocycles. The van der Waals surface area contributed by atoms with E-state index in [-0.39, 0.29) is 23.3 Å². The number of hydrogen-bond donors (Lipinski definition) is 1. The second kappa shape index (κ2) is 6.00. The van der Waals surface area contributed by atoms with Gasteiger partial charge in [-0.2, -0.15) is 0 Å². The SMILES string of the molecule is CC(C)CC(F)(F)c1cccc(C(C)(C)CCN)c1. The molecular weight excluding hydrogens is 244 g/mol. The molecule has 1 nitrogen and oxygen atoms in total.